The van der Waals surface area contributed by atoms with Crippen LogP contribution in [0.5, 0.6) is 0 Å². The third-order valence-electron chi connectivity index (χ3n) is 3.48. The number of thioether (sulfide) groups is 1. The predicted octanol–water partition coefficient (Wildman–Crippen LogP) is 5.16. The van der Waals surface area contributed by atoms with E-state index in [1.165, 1.54) is 28.7 Å². The maximum atomic E-state index is 12.1. The third kappa shape index (κ3) is 4.24. The Kier molecular flexibility index (Phi) is 5.33. The van der Waals surface area contributed by atoms with E-state index < -0.39 is 0 Å². The van der Waals surface area contributed by atoms with E-state index in [0.29, 0.717) is 10.9 Å². The van der Waals surface area contributed by atoms with Gasteiger partial charge in [-0.3, -0.25) is 4.79 Å². The van der Waals surface area contributed by atoms with Crippen LogP contribution in [0.1, 0.15) is 10.4 Å². The Morgan fingerprint density at radius 1 is 1.08 bits per heavy atom. The molecule has 0 unspecified atom stereocenters. The number of nitrogens with zero attached hydrogens (tertiary/aromatic N) is 1. The monoisotopic (exact) mass is 354 g/mol. The molecule has 0 radical (unpaired) electrons. The van der Waals surface area contributed by atoms with Gasteiger partial charge in [0.05, 0.1) is 11.4 Å². The van der Waals surface area contributed by atoms with Crippen LogP contribution in [0, 0.1) is 13.8 Å². The molecule has 0 aliphatic carbocycles. The molecule has 5 heteroatoms. The van der Waals surface area contributed by atoms with Crippen molar-refractivity contribution < 1.29 is 4.79 Å². The Labute approximate surface area is 150 Å². The van der Waals surface area contributed by atoms with E-state index in [4.69, 9.17) is 0 Å². The lowest BCUT2D eigenvalue weighted by Crippen LogP contribution is -2.13. The van der Waals surface area contributed by atoms with Crippen molar-refractivity contribution in [1.29, 1.82) is 0 Å². The molecule has 0 saturated carbocycles. The third-order valence-corrected chi connectivity index (χ3v) is 5.38. The molecule has 1 N–H and O–H groups in total. The van der Waals surface area contributed by atoms with Gasteiger partial charge in [-0.05, 0) is 26.0 Å². The molecule has 2 aromatic carbocycles. The molecule has 122 valence electrons. The van der Waals surface area contributed by atoms with Gasteiger partial charge in [0.15, 0.2) is 5.13 Å². The highest BCUT2D eigenvalue weighted by atomic mass is 32.2. The van der Waals surface area contributed by atoms with Gasteiger partial charge in [0, 0.05) is 15.3 Å². The van der Waals surface area contributed by atoms with Crippen molar-refractivity contribution in [2.24, 2.45) is 0 Å². The van der Waals surface area contributed by atoms with E-state index >= 15 is 0 Å². The van der Waals surface area contributed by atoms with Crippen LogP contribution in [0.25, 0.3) is 11.3 Å². The number of aryl methyl sites for hydroxylation is 2. The highest BCUT2D eigenvalue weighted by molar-refractivity contribution is 8.00. The van der Waals surface area contributed by atoms with Crippen LogP contribution in [0.4, 0.5) is 5.13 Å². The molecule has 3 rings (SSSR count). The van der Waals surface area contributed by atoms with Crippen molar-refractivity contribution >= 4 is 34.1 Å². The maximum Gasteiger partial charge on any atom is 0.236 e. The van der Waals surface area contributed by atoms with E-state index in [1.807, 2.05) is 49.4 Å². The molecule has 0 saturated heterocycles. The average molecular weight is 355 g/mol. The summed E-state index contributed by atoms with van der Waals surface area (Å²) in [7, 11) is 0. The van der Waals surface area contributed by atoms with Gasteiger partial charge in [0.1, 0.15) is 0 Å². The highest BCUT2D eigenvalue weighted by Crippen LogP contribution is 2.30. The van der Waals surface area contributed by atoms with E-state index in [1.54, 1.807) is 0 Å². The van der Waals surface area contributed by atoms with Crippen LogP contribution in [0.3, 0.4) is 0 Å². The lowest BCUT2D eigenvalue weighted by atomic mass is 10.1. The molecule has 1 aromatic heterocycles. The number of thiazole rings is 1. The van der Waals surface area contributed by atoms with Crippen molar-refractivity contribution in [1.82, 2.24) is 4.98 Å². The SMILES string of the molecule is Cc1ccc(SCC(=O)Nc2nc(-c3ccccc3)c(C)s2)cc1. The Bertz CT molecular complexity index is 826. The Morgan fingerprint density at radius 3 is 2.50 bits per heavy atom. The number of benzene rings is 2. The smallest absolute Gasteiger partial charge is 0.236 e. The second-order valence-electron chi connectivity index (χ2n) is 5.44. The highest BCUT2D eigenvalue weighted by Gasteiger charge is 2.12. The second kappa shape index (κ2) is 7.64. The molecule has 3 nitrogen and oxygen atoms in total. The Morgan fingerprint density at radius 2 is 1.79 bits per heavy atom. The molecule has 3 aromatic rings. The summed E-state index contributed by atoms with van der Waals surface area (Å²) in [6.07, 6.45) is 0. The van der Waals surface area contributed by atoms with Crippen LogP contribution in [-0.4, -0.2) is 16.6 Å². The van der Waals surface area contributed by atoms with Gasteiger partial charge in [-0.15, -0.1) is 23.1 Å². The summed E-state index contributed by atoms with van der Waals surface area (Å²) in [5.41, 5.74) is 3.22. The van der Waals surface area contributed by atoms with E-state index in [0.717, 1.165) is 21.0 Å². The predicted molar refractivity (Wildman–Crippen MR) is 103 cm³/mol. The van der Waals surface area contributed by atoms with Crippen molar-refractivity contribution in [3.05, 3.63) is 65.0 Å². The lowest BCUT2D eigenvalue weighted by molar-refractivity contribution is -0.113. The fraction of sp³-hybridized carbons (Fsp3) is 0.158. The summed E-state index contributed by atoms with van der Waals surface area (Å²) < 4.78 is 0. The zero-order valence-corrected chi connectivity index (χ0v) is 15.2. The summed E-state index contributed by atoms with van der Waals surface area (Å²) in [4.78, 5) is 18.9. The number of nitrogens with one attached hydrogen (secondary N) is 1. The summed E-state index contributed by atoms with van der Waals surface area (Å²) >= 11 is 3.04. The molecular weight excluding hydrogens is 336 g/mol. The van der Waals surface area contributed by atoms with Crippen LogP contribution in [0.2, 0.25) is 0 Å². The average Bonchev–Trinajstić information content (AvgIpc) is 2.95. The standard InChI is InChI=1S/C19H18N2OS2/c1-13-8-10-16(11-9-13)23-12-17(22)20-19-21-18(14(2)24-19)15-6-4-3-5-7-15/h3-11H,12H2,1-2H3,(H,20,21,22). The molecule has 1 amide bonds. The molecule has 0 spiro atoms. The molecule has 0 atom stereocenters. The quantitative estimate of drug-likeness (QED) is 0.644. The van der Waals surface area contributed by atoms with Gasteiger partial charge in [0.25, 0.3) is 0 Å². The minimum atomic E-state index is -0.0334. The van der Waals surface area contributed by atoms with Crippen LogP contribution >= 0.6 is 23.1 Å². The zero-order valence-electron chi connectivity index (χ0n) is 13.6. The van der Waals surface area contributed by atoms with Crippen molar-refractivity contribution in [2.45, 2.75) is 18.7 Å². The van der Waals surface area contributed by atoms with Crippen molar-refractivity contribution in [3.63, 3.8) is 0 Å². The van der Waals surface area contributed by atoms with Gasteiger partial charge in [0.2, 0.25) is 5.91 Å². The van der Waals surface area contributed by atoms with Gasteiger partial charge in [-0.25, -0.2) is 4.98 Å². The van der Waals surface area contributed by atoms with Gasteiger partial charge in [-0.2, -0.15) is 0 Å². The number of anilines is 1. The van der Waals surface area contributed by atoms with Crippen LogP contribution in [0.15, 0.2) is 59.5 Å². The fourth-order valence-corrected chi connectivity index (χ4v) is 3.80. The molecule has 0 fully saturated rings. The van der Waals surface area contributed by atoms with Gasteiger partial charge >= 0.3 is 0 Å². The van der Waals surface area contributed by atoms with E-state index in [2.05, 4.69) is 29.4 Å². The second-order valence-corrected chi connectivity index (χ2v) is 7.69. The number of amides is 1. The molecular formula is C19H18N2OS2. The van der Waals surface area contributed by atoms with Gasteiger partial charge < -0.3 is 5.32 Å². The number of hydrogen-bond donors (Lipinski definition) is 1. The normalized spacial score (nSPS) is 10.6. The maximum absolute atomic E-state index is 12.1. The van der Waals surface area contributed by atoms with Crippen LogP contribution < -0.4 is 5.32 Å². The van der Waals surface area contributed by atoms with Crippen molar-refractivity contribution in [2.75, 3.05) is 11.1 Å². The van der Waals surface area contributed by atoms with Crippen molar-refractivity contribution in [3.8, 4) is 11.3 Å². The number of carbonyl (C=O) groups excluding carboxylic acids is 1. The first-order chi connectivity index (χ1) is 11.6. The summed E-state index contributed by atoms with van der Waals surface area (Å²) in [5, 5.41) is 3.56. The van der Waals surface area contributed by atoms with E-state index in [9.17, 15) is 4.79 Å². The first-order valence-corrected chi connectivity index (χ1v) is 9.44. The number of hydrogen-bond acceptors (Lipinski definition) is 4. The van der Waals surface area contributed by atoms with E-state index in [-0.39, 0.29) is 5.91 Å². The largest absolute Gasteiger partial charge is 0.301 e. The number of carbonyl (C=O) groups is 1. The zero-order chi connectivity index (χ0) is 16.9. The number of rotatable bonds is 5. The summed E-state index contributed by atoms with van der Waals surface area (Å²) in [5.74, 6) is 0.344. The summed E-state index contributed by atoms with van der Waals surface area (Å²) in [6, 6.07) is 18.2. The topological polar surface area (TPSA) is 42.0 Å². The first-order valence-electron chi connectivity index (χ1n) is 7.64. The van der Waals surface area contributed by atoms with Gasteiger partial charge in [-0.1, -0.05) is 48.0 Å². The first kappa shape index (κ1) is 16.7. The Hall–Kier alpha value is -2.11. The fourth-order valence-electron chi connectivity index (χ4n) is 2.25. The molecule has 0 bridgehead atoms. The minimum absolute atomic E-state index is 0.0334. The molecule has 24 heavy (non-hydrogen) atoms. The number of aromatic nitrogens is 1. The summed E-state index contributed by atoms with van der Waals surface area (Å²) in [6.45, 7) is 4.08. The van der Waals surface area contributed by atoms with Crippen LogP contribution in [-0.2, 0) is 4.79 Å². The molecule has 1 heterocycles. The lowest BCUT2D eigenvalue weighted by Gasteiger charge is -2.02. The minimum Gasteiger partial charge on any atom is -0.301 e. The molecule has 0 aliphatic heterocycles. The Balaban J connectivity index is 1.61. The molecule has 0 aliphatic rings.